The van der Waals surface area contributed by atoms with Crippen LogP contribution in [0.15, 0.2) is 30.3 Å². The number of nitrogens with two attached hydrogens (primary N) is 1. The van der Waals surface area contributed by atoms with Crippen molar-refractivity contribution in [3.63, 3.8) is 0 Å². The number of primary sulfonamides is 1. The summed E-state index contributed by atoms with van der Waals surface area (Å²) in [5, 5.41) is 13.9. The lowest BCUT2D eigenvalue weighted by molar-refractivity contribution is 0.0110. The van der Waals surface area contributed by atoms with E-state index in [0.717, 1.165) is 5.56 Å². The van der Waals surface area contributed by atoms with Crippen molar-refractivity contribution in [2.75, 3.05) is 18.9 Å². The second-order valence-electron chi connectivity index (χ2n) is 4.74. The van der Waals surface area contributed by atoms with Gasteiger partial charge in [-0.25, -0.2) is 22.3 Å². The van der Waals surface area contributed by atoms with Crippen LogP contribution in [0.3, 0.4) is 0 Å². The molecular formula is C13H20F2N2O3S. The van der Waals surface area contributed by atoms with Crippen LogP contribution in [0.2, 0.25) is 0 Å². The van der Waals surface area contributed by atoms with Crippen molar-refractivity contribution in [3.05, 3.63) is 35.9 Å². The Hall–Kier alpha value is -1.09. The molecule has 0 aromatic heterocycles. The van der Waals surface area contributed by atoms with E-state index in [1.165, 1.54) is 4.90 Å². The van der Waals surface area contributed by atoms with Crippen molar-refractivity contribution in [2.24, 2.45) is 5.14 Å². The van der Waals surface area contributed by atoms with E-state index in [4.69, 9.17) is 10.2 Å². The van der Waals surface area contributed by atoms with E-state index in [-0.39, 0.29) is 19.5 Å². The fourth-order valence-corrected chi connectivity index (χ4v) is 2.51. The number of aliphatic hydroxyl groups excluding tert-OH is 1. The first-order chi connectivity index (χ1) is 9.83. The largest absolute Gasteiger partial charge is 0.396 e. The summed E-state index contributed by atoms with van der Waals surface area (Å²) in [6, 6.07) is 7.68. The third kappa shape index (κ3) is 6.94. The van der Waals surface area contributed by atoms with Gasteiger partial charge in [0.15, 0.2) is 0 Å². The molecule has 1 unspecified atom stereocenters. The third-order valence-electron chi connectivity index (χ3n) is 3.08. The van der Waals surface area contributed by atoms with Gasteiger partial charge in [-0.1, -0.05) is 30.3 Å². The van der Waals surface area contributed by atoms with Gasteiger partial charge >= 0.3 is 0 Å². The molecule has 3 N–H and O–H groups in total. The summed E-state index contributed by atoms with van der Waals surface area (Å²) in [4.78, 5) is 1.35. The molecule has 0 aliphatic rings. The van der Waals surface area contributed by atoms with Crippen molar-refractivity contribution in [2.45, 2.75) is 25.4 Å². The smallest absolute Gasteiger partial charge is 0.253 e. The van der Waals surface area contributed by atoms with Gasteiger partial charge in [-0.05, 0) is 12.0 Å². The number of rotatable bonds is 9. The van der Waals surface area contributed by atoms with Crippen molar-refractivity contribution < 1.29 is 22.3 Å². The van der Waals surface area contributed by atoms with Gasteiger partial charge in [0.2, 0.25) is 10.0 Å². The second-order valence-corrected chi connectivity index (χ2v) is 6.47. The molecule has 0 saturated carbocycles. The van der Waals surface area contributed by atoms with Crippen LogP contribution >= 0.6 is 0 Å². The van der Waals surface area contributed by atoms with Gasteiger partial charge in [-0.2, -0.15) is 0 Å². The number of hydrogen-bond donors (Lipinski definition) is 2. The molecule has 0 amide bonds. The van der Waals surface area contributed by atoms with Crippen molar-refractivity contribution in [3.8, 4) is 0 Å². The Morgan fingerprint density at radius 1 is 1.24 bits per heavy atom. The SMILES string of the molecule is NS(=O)(=O)CCN(Cc1ccccc1)C(CCO)C(F)F. The van der Waals surface area contributed by atoms with E-state index in [1.54, 1.807) is 30.3 Å². The summed E-state index contributed by atoms with van der Waals surface area (Å²) in [5.41, 5.74) is 0.788. The van der Waals surface area contributed by atoms with Crippen LogP contribution in [0.1, 0.15) is 12.0 Å². The van der Waals surface area contributed by atoms with Crippen molar-refractivity contribution in [1.29, 1.82) is 0 Å². The van der Waals surface area contributed by atoms with Gasteiger partial charge in [0.05, 0.1) is 11.8 Å². The molecule has 1 rings (SSSR count). The Bertz CT molecular complexity index is 511. The molecule has 0 aliphatic heterocycles. The predicted octanol–water partition coefficient (Wildman–Crippen LogP) is 0.793. The maximum atomic E-state index is 13.1. The zero-order valence-electron chi connectivity index (χ0n) is 11.5. The molecule has 1 atom stereocenters. The average molecular weight is 322 g/mol. The highest BCUT2D eigenvalue weighted by Gasteiger charge is 2.27. The van der Waals surface area contributed by atoms with Crippen LogP contribution in [-0.4, -0.2) is 49.8 Å². The number of hydrogen-bond acceptors (Lipinski definition) is 4. The van der Waals surface area contributed by atoms with E-state index in [1.807, 2.05) is 0 Å². The molecule has 0 spiro atoms. The first-order valence-electron chi connectivity index (χ1n) is 6.51. The van der Waals surface area contributed by atoms with E-state index in [0.29, 0.717) is 0 Å². The van der Waals surface area contributed by atoms with E-state index in [9.17, 15) is 17.2 Å². The number of nitrogens with zero attached hydrogens (tertiary/aromatic N) is 1. The molecular weight excluding hydrogens is 302 g/mol. The standard InChI is InChI=1S/C13H20F2N2O3S/c14-13(15)12(6-8-18)17(7-9-21(16,19)20)10-11-4-2-1-3-5-11/h1-5,12-13,18H,6-10H2,(H2,16,19,20). The Morgan fingerprint density at radius 2 is 1.86 bits per heavy atom. The van der Waals surface area contributed by atoms with Crippen molar-refractivity contribution >= 4 is 10.0 Å². The zero-order chi connectivity index (χ0) is 15.9. The van der Waals surface area contributed by atoms with Crippen LogP contribution in [0, 0.1) is 0 Å². The van der Waals surface area contributed by atoms with Crippen LogP contribution in [0.25, 0.3) is 0 Å². The number of alkyl halides is 2. The van der Waals surface area contributed by atoms with Gasteiger partial charge in [-0.15, -0.1) is 0 Å². The Labute approximate surface area is 123 Å². The summed E-state index contributed by atoms with van der Waals surface area (Å²) in [5.74, 6) is -0.408. The van der Waals surface area contributed by atoms with Crippen LogP contribution in [0.5, 0.6) is 0 Å². The minimum Gasteiger partial charge on any atom is -0.396 e. The molecule has 5 nitrogen and oxygen atoms in total. The Morgan fingerprint density at radius 3 is 2.33 bits per heavy atom. The zero-order valence-corrected chi connectivity index (χ0v) is 12.3. The summed E-state index contributed by atoms with van der Waals surface area (Å²) < 4.78 is 48.4. The Balaban J connectivity index is 2.86. The minimum atomic E-state index is -3.73. The molecule has 0 heterocycles. The number of halogens is 2. The highest BCUT2D eigenvalue weighted by molar-refractivity contribution is 7.89. The van der Waals surface area contributed by atoms with E-state index < -0.39 is 34.9 Å². The molecule has 0 fully saturated rings. The van der Waals surface area contributed by atoms with Crippen LogP contribution in [0.4, 0.5) is 8.78 Å². The van der Waals surface area contributed by atoms with Crippen LogP contribution in [-0.2, 0) is 16.6 Å². The third-order valence-corrected chi connectivity index (χ3v) is 3.83. The normalized spacial score (nSPS) is 13.8. The molecule has 8 heteroatoms. The number of benzene rings is 1. The topological polar surface area (TPSA) is 83.6 Å². The fourth-order valence-electron chi connectivity index (χ4n) is 2.02. The van der Waals surface area contributed by atoms with Crippen molar-refractivity contribution in [1.82, 2.24) is 4.90 Å². The molecule has 0 saturated heterocycles. The van der Waals surface area contributed by atoms with Gasteiger partial charge in [0, 0.05) is 19.7 Å². The lowest BCUT2D eigenvalue weighted by atomic mass is 10.1. The molecule has 21 heavy (non-hydrogen) atoms. The minimum absolute atomic E-state index is 0.108. The van der Waals surface area contributed by atoms with Gasteiger partial charge in [0.1, 0.15) is 0 Å². The maximum Gasteiger partial charge on any atom is 0.253 e. The van der Waals surface area contributed by atoms with Gasteiger partial charge < -0.3 is 5.11 Å². The number of aliphatic hydroxyl groups is 1. The quantitative estimate of drug-likeness (QED) is 0.704. The van der Waals surface area contributed by atoms with Gasteiger partial charge in [0.25, 0.3) is 6.43 Å². The van der Waals surface area contributed by atoms with E-state index >= 15 is 0 Å². The van der Waals surface area contributed by atoms with Gasteiger partial charge in [-0.3, -0.25) is 4.90 Å². The molecule has 1 aromatic carbocycles. The fraction of sp³-hybridized carbons (Fsp3) is 0.538. The first kappa shape index (κ1) is 18.0. The lowest BCUT2D eigenvalue weighted by Gasteiger charge is -2.30. The Kier molecular flexibility index (Phi) is 7.16. The molecule has 0 bridgehead atoms. The molecule has 120 valence electrons. The van der Waals surface area contributed by atoms with Crippen LogP contribution < -0.4 is 5.14 Å². The highest BCUT2D eigenvalue weighted by atomic mass is 32.2. The predicted molar refractivity (Wildman–Crippen MR) is 76.3 cm³/mol. The summed E-state index contributed by atoms with van der Waals surface area (Å²) in [6.07, 6.45) is -2.81. The molecule has 0 aliphatic carbocycles. The maximum absolute atomic E-state index is 13.1. The van der Waals surface area contributed by atoms with E-state index in [2.05, 4.69) is 0 Å². The first-order valence-corrected chi connectivity index (χ1v) is 8.22. The average Bonchev–Trinajstić information content (AvgIpc) is 2.41. The lowest BCUT2D eigenvalue weighted by Crippen LogP contribution is -2.43. The summed E-state index contributed by atoms with van der Waals surface area (Å²) in [7, 11) is -3.73. The molecule has 0 radical (unpaired) electrons. The highest BCUT2D eigenvalue weighted by Crippen LogP contribution is 2.17. The summed E-state index contributed by atoms with van der Waals surface area (Å²) >= 11 is 0. The monoisotopic (exact) mass is 322 g/mol. The summed E-state index contributed by atoms with van der Waals surface area (Å²) in [6.45, 7) is -0.330. The second kappa shape index (κ2) is 8.38. The molecule has 1 aromatic rings. The number of sulfonamides is 1.